The Labute approximate surface area is 189 Å². The minimum absolute atomic E-state index is 0.0887. The van der Waals surface area contributed by atoms with Crippen LogP contribution in [0.25, 0.3) is 0 Å². The lowest BCUT2D eigenvalue weighted by atomic mass is 10.1. The molecule has 0 aliphatic rings. The van der Waals surface area contributed by atoms with E-state index in [1.54, 1.807) is 17.6 Å². The number of halogens is 2. The molecular formula is C23H24F2N4O2S. The van der Waals surface area contributed by atoms with E-state index in [-0.39, 0.29) is 17.4 Å². The van der Waals surface area contributed by atoms with Crippen LogP contribution < -0.4 is 10.1 Å². The molecule has 0 radical (unpaired) electrons. The summed E-state index contributed by atoms with van der Waals surface area (Å²) in [6.07, 6.45) is 0.999. The fourth-order valence-electron chi connectivity index (χ4n) is 3.01. The summed E-state index contributed by atoms with van der Waals surface area (Å²) in [4.78, 5) is 12.5. The molecule has 1 heterocycles. The normalized spacial score (nSPS) is 11.8. The van der Waals surface area contributed by atoms with E-state index in [4.69, 9.17) is 4.74 Å². The monoisotopic (exact) mass is 458 g/mol. The number of anilines is 1. The van der Waals surface area contributed by atoms with E-state index in [0.717, 1.165) is 28.9 Å². The SMILES string of the molecule is C=CCn1c(SCC(=O)Nc2cc(C)ccc2C)nnc1C(C)Oc1ccc(F)cc1F. The van der Waals surface area contributed by atoms with Crippen LogP contribution in [0, 0.1) is 25.5 Å². The van der Waals surface area contributed by atoms with Crippen LogP contribution in [0.3, 0.4) is 0 Å². The first-order chi connectivity index (χ1) is 15.3. The number of amides is 1. The average molecular weight is 459 g/mol. The van der Waals surface area contributed by atoms with E-state index in [1.165, 1.54) is 17.8 Å². The van der Waals surface area contributed by atoms with E-state index in [9.17, 15) is 13.6 Å². The van der Waals surface area contributed by atoms with Crippen LogP contribution in [0.4, 0.5) is 14.5 Å². The summed E-state index contributed by atoms with van der Waals surface area (Å²) >= 11 is 1.22. The van der Waals surface area contributed by atoms with Gasteiger partial charge >= 0.3 is 0 Å². The predicted molar refractivity (Wildman–Crippen MR) is 121 cm³/mol. The topological polar surface area (TPSA) is 69.0 Å². The van der Waals surface area contributed by atoms with E-state index < -0.39 is 17.7 Å². The molecule has 1 amide bonds. The van der Waals surface area contributed by atoms with Gasteiger partial charge in [-0.05, 0) is 50.1 Å². The lowest BCUT2D eigenvalue weighted by Crippen LogP contribution is -2.16. The number of allylic oxidation sites excluding steroid dienone is 1. The number of nitrogens with one attached hydrogen (secondary N) is 1. The van der Waals surface area contributed by atoms with Crippen LogP contribution in [0.15, 0.2) is 54.2 Å². The first kappa shape index (κ1) is 23.5. The number of carbonyl (C=O) groups is 1. The molecule has 3 aromatic rings. The number of benzene rings is 2. The molecule has 2 aromatic carbocycles. The first-order valence-corrected chi connectivity index (χ1v) is 10.9. The fourth-order valence-corrected chi connectivity index (χ4v) is 3.76. The zero-order valence-electron chi connectivity index (χ0n) is 18.1. The van der Waals surface area contributed by atoms with Crippen LogP contribution in [0.5, 0.6) is 5.75 Å². The second kappa shape index (κ2) is 10.4. The van der Waals surface area contributed by atoms with Crippen LogP contribution in [-0.2, 0) is 11.3 Å². The number of nitrogens with zero attached hydrogens (tertiary/aromatic N) is 3. The van der Waals surface area contributed by atoms with Gasteiger partial charge in [-0.15, -0.1) is 16.8 Å². The number of thioether (sulfide) groups is 1. The quantitative estimate of drug-likeness (QED) is 0.351. The number of rotatable bonds is 9. The summed E-state index contributed by atoms with van der Waals surface area (Å²) in [5.74, 6) is -1.18. The Morgan fingerprint density at radius 1 is 1.25 bits per heavy atom. The summed E-state index contributed by atoms with van der Waals surface area (Å²) < 4.78 is 34.5. The van der Waals surface area contributed by atoms with Crippen LogP contribution >= 0.6 is 11.8 Å². The molecule has 1 atom stereocenters. The van der Waals surface area contributed by atoms with Gasteiger partial charge in [-0.2, -0.15) is 0 Å². The highest BCUT2D eigenvalue weighted by Gasteiger charge is 2.21. The van der Waals surface area contributed by atoms with Crippen molar-refractivity contribution >= 4 is 23.4 Å². The van der Waals surface area contributed by atoms with Crippen LogP contribution in [0.2, 0.25) is 0 Å². The van der Waals surface area contributed by atoms with E-state index >= 15 is 0 Å². The molecule has 168 valence electrons. The van der Waals surface area contributed by atoms with E-state index in [2.05, 4.69) is 22.1 Å². The minimum atomic E-state index is -0.802. The molecule has 1 unspecified atom stereocenters. The van der Waals surface area contributed by atoms with Crippen molar-refractivity contribution in [2.75, 3.05) is 11.1 Å². The Morgan fingerprint density at radius 2 is 2.03 bits per heavy atom. The molecule has 1 N–H and O–H groups in total. The highest BCUT2D eigenvalue weighted by Crippen LogP contribution is 2.27. The van der Waals surface area contributed by atoms with Gasteiger partial charge in [0.15, 0.2) is 28.7 Å². The second-order valence-electron chi connectivity index (χ2n) is 7.23. The summed E-state index contributed by atoms with van der Waals surface area (Å²) in [5.41, 5.74) is 2.80. The molecule has 0 saturated heterocycles. The van der Waals surface area contributed by atoms with Crippen molar-refractivity contribution in [1.82, 2.24) is 14.8 Å². The Balaban J connectivity index is 1.70. The molecule has 1 aromatic heterocycles. The minimum Gasteiger partial charge on any atom is -0.480 e. The van der Waals surface area contributed by atoms with Gasteiger partial charge in [-0.3, -0.25) is 9.36 Å². The number of aryl methyl sites for hydroxylation is 2. The van der Waals surface area contributed by atoms with Gasteiger partial charge in [0, 0.05) is 18.3 Å². The highest BCUT2D eigenvalue weighted by molar-refractivity contribution is 7.99. The molecule has 32 heavy (non-hydrogen) atoms. The van der Waals surface area contributed by atoms with Crippen molar-refractivity contribution in [1.29, 1.82) is 0 Å². The van der Waals surface area contributed by atoms with Crippen molar-refractivity contribution in [2.24, 2.45) is 0 Å². The maximum atomic E-state index is 13.9. The molecule has 0 saturated carbocycles. The predicted octanol–water partition coefficient (Wildman–Crippen LogP) is 5.23. The van der Waals surface area contributed by atoms with Crippen LogP contribution in [-0.4, -0.2) is 26.4 Å². The van der Waals surface area contributed by atoms with Crippen molar-refractivity contribution in [2.45, 2.75) is 38.6 Å². The molecule has 0 aliphatic heterocycles. The Kier molecular flexibility index (Phi) is 7.63. The van der Waals surface area contributed by atoms with Gasteiger partial charge in [-0.25, -0.2) is 8.78 Å². The third kappa shape index (κ3) is 5.73. The Morgan fingerprint density at radius 3 is 2.75 bits per heavy atom. The summed E-state index contributed by atoms with van der Waals surface area (Å²) in [6.45, 7) is 9.71. The maximum absolute atomic E-state index is 13.9. The van der Waals surface area contributed by atoms with Crippen molar-refractivity contribution in [3.63, 3.8) is 0 Å². The van der Waals surface area contributed by atoms with Gasteiger partial charge in [0.2, 0.25) is 5.91 Å². The summed E-state index contributed by atoms with van der Waals surface area (Å²) in [6, 6.07) is 8.96. The Bertz CT molecular complexity index is 1130. The third-order valence-electron chi connectivity index (χ3n) is 4.62. The molecular weight excluding hydrogens is 434 g/mol. The van der Waals surface area contributed by atoms with Gasteiger partial charge < -0.3 is 10.1 Å². The lowest BCUT2D eigenvalue weighted by Gasteiger charge is -2.16. The van der Waals surface area contributed by atoms with Gasteiger partial charge in [0.1, 0.15) is 5.82 Å². The average Bonchev–Trinajstić information content (AvgIpc) is 3.14. The number of carbonyl (C=O) groups excluding carboxylic acids is 1. The van der Waals surface area contributed by atoms with E-state index in [0.29, 0.717) is 17.5 Å². The van der Waals surface area contributed by atoms with Gasteiger partial charge in [-0.1, -0.05) is 30.0 Å². The smallest absolute Gasteiger partial charge is 0.234 e. The highest BCUT2D eigenvalue weighted by atomic mass is 32.2. The van der Waals surface area contributed by atoms with Crippen molar-refractivity contribution in [3.05, 3.63) is 77.6 Å². The molecule has 9 heteroatoms. The molecule has 3 rings (SSSR count). The van der Waals surface area contributed by atoms with Gasteiger partial charge in [0.25, 0.3) is 0 Å². The maximum Gasteiger partial charge on any atom is 0.234 e. The van der Waals surface area contributed by atoms with Crippen LogP contribution in [0.1, 0.15) is 30.0 Å². The lowest BCUT2D eigenvalue weighted by molar-refractivity contribution is -0.113. The van der Waals surface area contributed by atoms with Crippen molar-refractivity contribution < 1.29 is 18.3 Å². The second-order valence-corrected chi connectivity index (χ2v) is 8.17. The number of hydrogen-bond donors (Lipinski definition) is 1. The van der Waals surface area contributed by atoms with E-state index in [1.807, 2.05) is 32.0 Å². The molecule has 0 spiro atoms. The Hall–Kier alpha value is -3.20. The largest absolute Gasteiger partial charge is 0.480 e. The van der Waals surface area contributed by atoms with Gasteiger partial charge in [0.05, 0.1) is 5.75 Å². The number of ether oxygens (including phenoxy) is 1. The zero-order valence-corrected chi connectivity index (χ0v) is 18.9. The standard InChI is InChI=1S/C23H24F2N4O2S/c1-5-10-29-22(16(4)31-20-9-8-17(24)12-18(20)25)27-28-23(29)32-13-21(30)26-19-11-14(2)6-7-15(19)3/h5-9,11-12,16H,1,10,13H2,2-4H3,(H,26,30). The molecule has 0 bridgehead atoms. The summed E-state index contributed by atoms with van der Waals surface area (Å²) in [5, 5.41) is 11.7. The number of hydrogen-bond acceptors (Lipinski definition) is 5. The molecule has 6 nitrogen and oxygen atoms in total. The molecule has 0 aliphatic carbocycles. The third-order valence-corrected chi connectivity index (χ3v) is 5.58. The fraction of sp³-hybridized carbons (Fsp3) is 0.261. The zero-order chi connectivity index (χ0) is 23.3. The van der Waals surface area contributed by atoms with Crippen molar-refractivity contribution in [3.8, 4) is 5.75 Å². The summed E-state index contributed by atoms with van der Waals surface area (Å²) in [7, 11) is 0. The first-order valence-electron chi connectivity index (χ1n) is 9.94. The molecule has 0 fully saturated rings. The number of aromatic nitrogens is 3.